The summed E-state index contributed by atoms with van der Waals surface area (Å²) in [5.41, 5.74) is 1.03. The maximum Gasteiger partial charge on any atom is 0.165 e. The Morgan fingerprint density at radius 2 is 1.96 bits per heavy atom. The van der Waals surface area contributed by atoms with Crippen molar-refractivity contribution in [1.82, 2.24) is 5.32 Å². The van der Waals surface area contributed by atoms with Gasteiger partial charge in [0.05, 0.1) is 6.10 Å². The molecule has 1 saturated carbocycles. The molecule has 3 aliphatic rings. The fraction of sp³-hybridized carbons (Fsp3) is 0.667. The Bertz CT molecular complexity index is 577. The highest BCUT2D eigenvalue weighted by Crippen LogP contribution is 2.43. The minimum atomic E-state index is -0.383. The van der Waals surface area contributed by atoms with Crippen LogP contribution in [0.3, 0.4) is 0 Å². The highest BCUT2D eigenvalue weighted by atomic mass is 35.5. The van der Waals surface area contributed by atoms with Gasteiger partial charge in [0.25, 0.3) is 0 Å². The van der Waals surface area contributed by atoms with Gasteiger partial charge in [-0.15, -0.1) is 12.4 Å². The molecule has 2 aliphatic heterocycles. The first-order valence-electron chi connectivity index (χ1n) is 8.38. The molecular weight excluding hydrogens is 314 g/mol. The summed E-state index contributed by atoms with van der Waals surface area (Å²) in [7, 11) is 0. The summed E-state index contributed by atoms with van der Waals surface area (Å²) in [4.78, 5) is 0. The van der Waals surface area contributed by atoms with Crippen molar-refractivity contribution in [2.24, 2.45) is 11.8 Å². The van der Waals surface area contributed by atoms with Gasteiger partial charge in [0, 0.05) is 12.0 Å². The molecule has 0 spiro atoms. The maximum atomic E-state index is 10.4. The van der Waals surface area contributed by atoms with Crippen LogP contribution >= 0.6 is 12.4 Å². The minimum Gasteiger partial charge on any atom is -0.484 e. The topological polar surface area (TPSA) is 50.7 Å². The SMILES string of the molecule is CC1(C)Cc2cccc(O[C@@H]3C[C@@H]4CNC[C@@H]4C[C@H]3O)c2O1.Cl. The summed E-state index contributed by atoms with van der Waals surface area (Å²) in [6, 6.07) is 6.09. The third-order valence-electron chi connectivity index (χ3n) is 5.32. The molecule has 0 bridgehead atoms. The van der Waals surface area contributed by atoms with Crippen molar-refractivity contribution < 1.29 is 14.6 Å². The monoisotopic (exact) mass is 339 g/mol. The van der Waals surface area contributed by atoms with Gasteiger partial charge < -0.3 is 19.9 Å². The van der Waals surface area contributed by atoms with Crippen molar-refractivity contribution >= 4 is 12.4 Å². The van der Waals surface area contributed by atoms with Gasteiger partial charge in [0.2, 0.25) is 0 Å². The van der Waals surface area contributed by atoms with Gasteiger partial charge in [-0.3, -0.25) is 0 Å². The van der Waals surface area contributed by atoms with Crippen LogP contribution in [0, 0.1) is 11.8 Å². The second-order valence-electron chi connectivity index (χ2n) is 7.66. The molecule has 0 aromatic heterocycles. The molecule has 4 nitrogen and oxygen atoms in total. The lowest BCUT2D eigenvalue weighted by atomic mass is 9.78. The van der Waals surface area contributed by atoms with Gasteiger partial charge in [-0.1, -0.05) is 12.1 Å². The molecule has 0 radical (unpaired) electrons. The second-order valence-corrected chi connectivity index (χ2v) is 7.66. The van der Waals surface area contributed by atoms with Crippen molar-refractivity contribution in [3.05, 3.63) is 23.8 Å². The normalized spacial score (nSPS) is 34.0. The van der Waals surface area contributed by atoms with E-state index in [4.69, 9.17) is 9.47 Å². The molecule has 1 aromatic carbocycles. The summed E-state index contributed by atoms with van der Waals surface area (Å²) in [5.74, 6) is 2.89. The third-order valence-corrected chi connectivity index (χ3v) is 5.32. The van der Waals surface area contributed by atoms with E-state index < -0.39 is 0 Å². The number of nitrogens with one attached hydrogen (secondary N) is 1. The molecule has 0 amide bonds. The van der Waals surface area contributed by atoms with E-state index in [2.05, 4.69) is 25.2 Å². The minimum absolute atomic E-state index is 0. The molecule has 2 fully saturated rings. The van der Waals surface area contributed by atoms with E-state index in [1.54, 1.807) is 0 Å². The number of benzene rings is 1. The van der Waals surface area contributed by atoms with Gasteiger partial charge in [-0.2, -0.15) is 0 Å². The molecule has 5 heteroatoms. The van der Waals surface area contributed by atoms with Crippen molar-refractivity contribution in [1.29, 1.82) is 0 Å². The van der Waals surface area contributed by atoms with Crippen LogP contribution in [0.15, 0.2) is 18.2 Å². The molecule has 4 atom stereocenters. The summed E-state index contributed by atoms with van der Waals surface area (Å²) in [6.45, 7) is 6.28. The number of halogens is 1. The number of para-hydroxylation sites is 1. The number of fused-ring (bicyclic) bond motifs is 2. The number of hydrogen-bond acceptors (Lipinski definition) is 4. The Morgan fingerprint density at radius 3 is 2.74 bits per heavy atom. The average Bonchev–Trinajstić information content (AvgIpc) is 3.01. The Kier molecular flexibility index (Phi) is 4.51. The van der Waals surface area contributed by atoms with Gasteiger partial charge in [0.1, 0.15) is 11.7 Å². The van der Waals surface area contributed by atoms with Crippen molar-refractivity contribution in [2.75, 3.05) is 13.1 Å². The molecule has 23 heavy (non-hydrogen) atoms. The van der Waals surface area contributed by atoms with Crippen LogP contribution < -0.4 is 14.8 Å². The zero-order chi connectivity index (χ0) is 15.3. The molecule has 0 unspecified atom stereocenters. The zero-order valence-corrected chi connectivity index (χ0v) is 14.6. The van der Waals surface area contributed by atoms with E-state index in [-0.39, 0.29) is 30.2 Å². The smallest absolute Gasteiger partial charge is 0.165 e. The lowest BCUT2D eigenvalue weighted by molar-refractivity contribution is -0.0249. The number of rotatable bonds is 2. The van der Waals surface area contributed by atoms with Crippen molar-refractivity contribution in [2.45, 2.75) is 50.9 Å². The Labute approximate surface area is 144 Å². The van der Waals surface area contributed by atoms with E-state index in [0.29, 0.717) is 11.8 Å². The number of ether oxygens (including phenoxy) is 2. The summed E-state index contributed by atoms with van der Waals surface area (Å²) >= 11 is 0. The van der Waals surface area contributed by atoms with Crippen LogP contribution in [0.2, 0.25) is 0 Å². The van der Waals surface area contributed by atoms with Gasteiger partial charge in [-0.05, 0) is 57.7 Å². The first-order chi connectivity index (χ1) is 10.5. The predicted molar refractivity (Wildman–Crippen MR) is 91.6 cm³/mol. The Balaban J connectivity index is 0.00000156. The fourth-order valence-electron chi connectivity index (χ4n) is 4.23. The zero-order valence-electron chi connectivity index (χ0n) is 13.7. The second kappa shape index (κ2) is 6.15. The van der Waals surface area contributed by atoms with Gasteiger partial charge in [0.15, 0.2) is 11.5 Å². The van der Waals surface area contributed by atoms with E-state index in [9.17, 15) is 5.11 Å². The summed E-state index contributed by atoms with van der Waals surface area (Å²) in [5, 5.41) is 13.9. The molecule has 2 N–H and O–H groups in total. The van der Waals surface area contributed by atoms with Crippen LogP contribution in [0.1, 0.15) is 32.3 Å². The van der Waals surface area contributed by atoms with Crippen molar-refractivity contribution in [3.63, 3.8) is 0 Å². The van der Waals surface area contributed by atoms with Crippen LogP contribution in [0.5, 0.6) is 11.5 Å². The standard InChI is InChI=1S/C18H25NO3.ClH/c1-18(2)8-11-4-3-5-15(17(11)22-18)21-16-7-13-10-19-9-12(13)6-14(16)20;/h3-5,12-14,16,19-20H,6-10H2,1-2H3;1H/t12-,13+,14+,16+;/m0./s1. The lowest BCUT2D eigenvalue weighted by Crippen LogP contribution is -2.42. The van der Waals surface area contributed by atoms with Crippen LogP contribution in [-0.4, -0.2) is 36.0 Å². The van der Waals surface area contributed by atoms with Crippen LogP contribution in [-0.2, 0) is 6.42 Å². The molecule has 4 rings (SSSR count). The number of aliphatic hydroxyl groups is 1. The molecule has 128 valence electrons. The van der Waals surface area contributed by atoms with E-state index >= 15 is 0 Å². The fourth-order valence-corrected chi connectivity index (χ4v) is 4.23. The number of aliphatic hydroxyl groups excluding tert-OH is 1. The first kappa shape index (κ1) is 16.9. The van der Waals surface area contributed by atoms with Crippen LogP contribution in [0.25, 0.3) is 0 Å². The highest BCUT2D eigenvalue weighted by Gasteiger charge is 2.41. The number of hydrogen-bond donors (Lipinski definition) is 2. The molecule has 2 heterocycles. The van der Waals surface area contributed by atoms with Crippen LogP contribution in [0.4, 0.5) is 0 Å². The Hall–Kier alpha value is -0.970. The largest absolute Gasteiger partial charge is 0.484 e. The van der Waals surface area contributed by atoms with Gasteiger partial charge >= 0.3 is 0 Å². The average molecular weight is 340 g/mol. The van der Waals surface area contributed by atoms with E-state index in [0.717, 1.165) is 43.9 Å². The third kappa shape index (κ3) is 3.17. The van der Waals surface area contributed by atoms with E-state index in [1.807, 2.05) is 12.1 Å². The maximum absolute atomic E-state index is 10.4. The molecule has 1 saturated heterocycles. The first-order valence-corrected chi connectivity index (χ1v) is 8.38. The van der Waals surface area contributed by atoms with Gasteiger partial charge in [-0.25, -0.2) is 0 Å². The molecule has 1 aliphatic carbocycles. The lowest BCUT2D eigenvalue weighted by Gasteiger charge is -2.35. The predicted octanol–water partition coefficient (Wildman–Crippen LogP) is 2.56. The highest BCUT2D eigenvalue weighted by molar-refractivity contribution is 5.85. The molecular formula is C18H26ClNO3. The summed E-state index contributed by atoms with van der Waals surface area (Å²) in [6.07, 6.45) is 2.16. The van der Waals surface area contributed by atoms with Crippen molar-refractivity contribution in [3.8, 4) is 11.5 Å². The molecule has 1 aromatic rings. The summed E-state index contributed by atoms with van der Waals surface area (Å²) < 4.78 is 12.3. The van der Waals surface area contributed by atoms with E-state index in [1.165, 1.54) is 5.56 Å². The Morgan fingerprint density at radius 1 is 1.22 bits per heavy atom. The quantitative estimate of drug-likeness (QED) is 0.869.